The van der Waals surface area contributed by atoms with Gasteiger partial charge in [0.2, 0.25) is 0 Å². The van der Waals surface area contributed by atoms with Crippen molar-refractivity contribution >= 4 is 17.3 Å². The molecule has 0 amide bonds. The van der Waals surface area contributed by atoms with Gasteiger partial charge in [0, 0.05) is 43.6 Å². The number of carboxylic acid groups (broad SMARTS) is 1. The second-order valence-electron chi connectivity index (χ2n) is 5.35. The van der Waals surface area contributed by atoms with Crippen molar-refractivity contribution in [3.63, 3.8) is 0 Å². The predicted molar refractivity (Wildman–Crippen MR) is 85.9 cm³/mol. The molecule has 2 aromatic rings. The van der Waals surface area contributed by atoms with Gasteiger partial charge in [-0.3, -0.25) is 0 Å². The van der Waals surface area contributed by atoms with Crippen molar-refractivity contribution < 1.29 is 15.0 Å². The zero-order valence-electron chi connectivity index (χ0n) is 12.1. The molecule has 22 heavy (non-hydrogen) atoms. The van der Waals surface area contributed by atoms with Gasteiger partial charge in [0.25, 0.3) is 0 Å². The van der Waals surface area contributed by atoms with Gasteiger partial charge in [-0.25, -0.2) is 4.79 Å². The van der Waals surface area contributed by atoms with Crippen molar-refractivity contribution in [2.45, 2.75) is 0 Å². The number of aromatic carboxylic acids is 1. The Morgan fingerprint density at radius 3 is 2.00 bits per heavy atom. The van der Waals surface area contributed by atoms with E-state index < -0.39 is 5.97 Å². The molecule has 1 aliphatic rings. The lowest BCUT2D eigenvalue weighted by Gasteiger charge is -2.37. The van der Waals surface area contributed by atoms with Crippen LogP contribution in [0.5, 0.6) is 5.75 Å². The minimum Gasteiger partial charge on any atom is -0.508 e. The highest BCUT2D eigenvalue weighted by Crippen LogP contribution is 2.23. The summed E-state index contributed by atoms with van der Waals surface area (Å²) in [6.07, 6.45) is 0. The molecule has 3 rings (SSSR count). The summed E-state index contributed by atoms with van der Waals surface area (Å²) in [5, 5.41) is 18.5. The number of phenols is 1. The fourth-order valence-corrected chi connectivity index (χ4v) is 2.73. The lowest BCUT2D eigenvalue weighted by molar-refractivity contribution is 0.0697. The number of hydrogen-bond donors (Lipinski definition) is 2. The van der Waals surface area contributed by atoms with Gasteiger partial charge in [-0.1, -0.05) is 6.07 Å². The third kappa shape index (κ3) is 2.98. The maximum atomic E-state index is 10.9. The Balaban J connectivity index is 1.65. The van der Waals surface area contributed by atoms with E-state index in [0.717, 1.165) is 37.6 Å². The molecule has 5 nitrogen and oxygen atoms in total. The van der Waals surface area contributed by atoms with Gasteiger partial charge in [-0.2, -0.15) is 0 Å². The summed E-state index contributed by atoms with van der Waals surface area (Å²) < 4.78 is 0. The number of phenolic OH excluding ortho intramolecular Hbond substituents is 1. The van der Waals surface area contributed by atoms with Crippen LogP contribution in [0.2, 0.25) is 0 Å². The number of benzene rings is 2. The van der Waals surface area contributed by atoms with Crippen molar-refractivity contribution in [1.29, 1.82) is 0 Å². The number of hydrogen-bond acceptors (Lipinski definition) is 4. The Labute approximate surface area is 129 Å². The van der Waals surface area contributed by atoms with Crippen molar-refractivity contribution in [2.75, 3.05) is 36.0 Å². The van der Waals surface area contributed by atoms with E-state index in [1.165, 1.54) is 0 Å². The van der Waals surface area contributed by atoms with Crippen molar-refractivity contribution in [1.82, 2.24) is 0 Å². The minimum absolute atomic E-state index is 0.282. The van der Waals surface area contributed by atoms with Gasteiger partial charge in [-0.05, 0) is 36.4 Å². The average molecular weight is 298 g/mol. The SMILES string of the molecule is O=C(O)c1ccc(N2CCN(c3cccc(O)c3)CC2)cc1. The normalized spacial score (nSPS) is 14.9. The summed E-state index contributed by atoms with van der Waals surface area (Å²) >= 11 is 0. The highest BCUT2D eigenvalue weighted by Gasteiger charge is 2.18. The molecule has 0 aromatic heterocycles. The van der Waals surface area contributed by atoms with Crippen molar-refractivity contribution in [3.05, 3.63) is 54.1 Å². The van der Waals surface area contributed by atoms with Crippen LogP contribution in [-0.4, -0.2) is 42.4 Å². The molecule has 2 aromatic carbocycles. The Morgan fingerprint density at radius 2 is 1.45 bits per heavy atom. The maximum absolute atomic E-state index is 10.9. The molecule has 1 heterocycles. The zero-order chi connectivity index (χ0) is 15.5. The van der Waals surface area contributed by atoms with Crippen LogP contribution in [0.15, 0.2) is 48.5 Å². The highest BCUT2D eigenvalue weighted by molar-refractivity contribution is 5.88. The Kier molecular flexibility index (Phi) is 3.87. The molecular formula is C17H18N2O3. The van der Waals surface area contributed by atoms with Gasteiger partial charge in [0.15, 0.2) is 0 Å². The van der Waals surface area contributed by atoms with E-state index in [2.05, 4.69) is 9.80 Å². The van der Waals surface area contributed by atoms with Crippen LogP contribution in [0.1, 0.15) is 10.4 Å². The summed E-state index contributed by atoms with van der Waals surface area (Å²) in [7, 11) is 0. The van der Waals surface area contributed by atoms with E-state index in [1.54, 1.807) is 24.3 Å². The van der Waals surface area contributed by atoms with Crippen molar-refractivity contribution in [3.8, 4) is 5.75 Å². The standard InChI is InChI=1S/C17H18N2O3/c20-16-3-1-2-15(12-16)19-10-8-18(9-11-19)14-6-4-13(5-7-14)17(21)22/h1-7,12,20H,8-11H2,(H,21,22). The number of aromatic hydroxyl groups is 1. The van der Waals surface area contributed by atoms with Crippen LogP contribution in [0.4, 0.5) is 11.4 Å². The van der Waals surface area contributed by atoms with E-state index in [-0.39, 0.29) is 5.75 Å². The monoisotopic (exact) mass is 298 g/mol. The molecular weight excluding hydrogens is 280 g/mol. The first-order valence-corrected chi connectivity index (χ1v) is 7.26. The number of carboxylic acids is 1. The van der Waals surface area contributed by atoms with Gasteiger partial charge in [0.1, 0.15) is 5.75 Å². The van der Waals surface area contributed by atoms with Crippen LogP contribution < -0.4 is 9.80 Å². The van der Waals surface area contributed by atoms with E-state index in [1.807, 2.05) is 24.3 Å². The Hall–Kier alpha value is -2.69. The maximum Gasteiger partial charge on any atom is 0.335 e. The fourth-order valence-electron chi connectivity index (χ4n) is 2.73. The molecule has 0 atom stereocenters. The number of carbonyl (C=O) groups is 1. The summed E-state index contributed by atoms with van der Waals surface area (Å²) in [5.41, 5.74) is 2.38. The first kappa shape index (κ1) is 14.3. The van der Waals surface area contributed by atoms with Crippen LogP contribution in [-0.2, 0) is 0 Å². The van der Waals surface area contributed by atoms with Gasteiger partial charge in [-0.15, -0.1) is 0 Å². The van der Waals surface area contributed by atoms with Crippen LogP contribution in [0, 0.1) is 0 Å². The fraction of sp³-hybridized carbons (Fsp3) is 0.235. The summed E-state index contributed by atoms with van der Waals surface area (Å²) in [4.78, 5) is 15.4. The molecule has 1 fully saturated rings. The third-order valence-electron chi connectivity index (χ3n) is 3.95. The van der Waals surface area contributed by atoms with Gasteiger partial charge < -0.3 is 20.0 Å². The van der Waals surface area contributed by atoms with E-state index in [4.69, 9.17) is 5.11 Å². The third-order valence-corrected chi connectivity index (χ3v) is 3.95. The molecule has 1 aliphatic heterocycles. The van der Waals surface area contributed by atoms with E-state index in [0.29, 0.717) is 5.56 Å². The second-order valence-corrected chi connectivity index (χ2v) is 5.35. The topological polar surface area (TPSA) is 64.0 Å². The van der Waals surface area contributed by atoms with Gasteiger partial charge >= 0.3 is 5.97 Å². The smallest absolute Gasteiger partial charge is 0.335 e. The second kappa shape index (κ2) is 5.97. The molecule has 0 bridgehead atoms. The number of piperazine rings is 1. The number of rotatable bonds is 3. The van der Waals surface area contributed by atoms with Crippen LogP contribution in [0.3, 0.4) is 0 Å². The molecule has 0 spiro atoms. The summed E-state index contributed by atoms with van der Waals surface area (Å²) in [5.74, 6) is -0.621. The molecule has 0 aliphatic carbocycles. The van der Waals surface area contributed by atoms with Crippen LogP contribution >= 0.6 is 0 Å². The van der Waals surface area contributed by atoms with Gasteiger partial charge in [0.05, 0.1) is 5.56 Å². The molecule has 0 unspecified atom stereocenters. The zero-order valence-corrected chi connectivity index (χ0v) is 12.1. The highest BCUT2D eigenvalue weighted by atomic mass is 16.4. The minimum atomic E-state index is -0.903. The van der Waals surface area contributed by atoms with E-state index >= 15 is 0 Å². The molecule has 114 valence electrons. The van der Waals surface area contributed by atoms with Crippen molar-refractivity contribution in [2.24, 2.45) is 0 Å². The Bertz CT molecular complexity index is 662. The van der Waals surface area contributed by atoms with Crippen LogP contribution in [0.25, 0.3) is 0 Å². The molecule has 5 heteroatoms. The van der Waals surface area contributed by atoms with E-state index in [9.17, 15) is 9.90 Å². The predicted octanol–water partition coefficient (Wildman–Crippen LogP) is 2.42. The molecule has 1 saturated heterocycles. The summed E-state index contributed by atoms with van der Waals surface area (Å²) in [6.45, 7) is 3.46. The first-order chi connectivity index (χ1) is 10.6. The molecule has 0 radical (unpaired) electrons. The molecule has 0 saturated carbocycles. The molecule has 2 N–H and O–H groups in total. The summed E-state index contributed by atoms with van der Waals surface area (Å²) in [6, 6.07) is 14.3. The quantitative estimate of drug-likeness (QED) is 0.911. The Morgan fingerprint density at radius 1 is 0.864 bits per heavy atom. The first-order valence-electron chi connectivity index (χ1n) is 7.26. The average Bonchev–Trinajstić information content (AvgIpc) is 2.55. The number of nitrogens with zero attached hydrogens (tertiary/aromatic N) is 2. The largest absolute Gasteiger partial charge is 0.508 e. The lowest BCUT2D eigenvalue weighted by Crippen LogP contribution is -2.46. The lowest BCUT2D eigenvalue weighted by atomic mass is 10.1. The number of anilines is 2.